The Labute approximate surface area is 193 Å². The summed E-state index contributed by atoms with van der Waals surface area (Å²) in [4.78, 5) is 15.3. The van der Waals surface area contributed by atoms with Gasteiger partial charge in [0.05, 0.1) is 28.4 Å². The van der Waals surface area contributed by atoms with Crippen LogP contribution >= 0.6 is 0 Å². The molecule has 0 bridgehead atoms. The lowest BCUT2D eigenvalue weighted by Crippen LogP contribution is -2.43. The Kier molecular flexibility index (Phi) is 6.58. The van der Waals surface area contributed by atoms with Crippen LogP contribution in [0.2, 0.25) is 0 Å². The highest BCUT2D eigenvalue weighted by Crippen LogP contribution is 2.40. The van der Waals surface area contributed by atoms with E-state index in [0.29, 0.717) is 41.5 Å². The monoisotopic (exact) mass is 448 g/mol. The molecular formula is C26H28N2O5. The van der Waals surface area contributed by atoms with E-state index in [2.05, 4.69) is 5.32 Å². The number of rotatable bonds is 7. The molecule has 1 aliphatic rings. The summed E-state index contributed by atoms with van der Waals surface area (Å²) in [5, 5.41) is 3.53. The quantitative estimate of drug-likeness (QED) is 0.573. The highest BCUT2D eigenvalue weighted by atomic mass is 16.5. The number of carbonyl (C=O) groups is 1. The summed E-state index contributed by atoms with van der Waals surface area (Å²) < 4.78 is 21.9. The van der Waals surface area contributed by atoms with Crippen LogP contribution in [0, 0.1) is 0 Å². The van der Waals surface area contributed by atoms with Gasteiger partial charge in [-0.25, -0.2) is 0 Å². The van der Waals surface area contributed by atoms with Gasteiger partial charge in [0.2, 0.25) is 0 Å². The second-order valence-corrected chi connectivity index (χ2v) is 7.64. The van der Waals surface area contributed by atoms with E-state index in [0.717, 1.165) is 16.8 Å². The Bertz CT molecular complexity index is 1130. The Balaban J connectivity index is 1.78. The lowest BCUT2D eigenvalue weighted by molar-refractivity contribution is 0.0685. The van der Waals surface area contributed by atoms with Crippen LogP contribution in [0.3, 0.4) is 0 Å². The SMILES string of the molecule is COc1ccc(N[C@@H]2c3cc(OC)c(OC)cc3CCN2C(=O)c2ccccc2)cc1OC. The van der Waals surface area contributed by atoms with Gasteiger partial charge in [-0.3, -0.25) is 4.79 Å². The molecule has 0 saturated carbocycles. The van der Waals surface area contributed by atoms with Crippen LogP contribution in [0.25, 0.3) is 0 Å². The molecule has 1 aliphatic heterocycles. The van der Waals surface area contributed by atoms with E-state index in [1.807, 2.05) is 65.6 Å². The van der Waals surface area contributed by atoms with Crippen LogP contribution in [0.5, 0.6) is 23.0 Å². The second-order valence-electron chi connectivity index (χ2n) is 7.64. The van der Waals surface area contributed by atoms with E-state index in [9.17, 15) is 4.79 Å². The lowest BCUT2D eigenvalue weighted by Gasteiger charge is -2.38. The van der Waals surface area contributed by atoms with Crippen molar-refractivity contribution in [3.8, 4) is 23.0 Å². The van der Waals surface area contributed by atoms with Crippen LogP contribution in [0.15, 0.2) is 60.7 Å². The van der Waals surface area contributed by atoms with Crippen LogP contribution in [-0.4, -0.2) is 45.8 Å². The largest absolute Gasteiger partial charge is 0.493 e. The fraction of sp³-hybridized carbons (Fsp3) is 0.269. The van der Waals surface area contributed by atoms with Gasteiger partial charge in [-0.05, 0) is 48.4 Å². The zero-order chi connectivity index (χ0) is 23.4. The highest BCUT2D eigenvalue weighted by molar-refractivity contribution is 5.95. The Morgan fingerprint density at radius 2 is 1.45 bits per heavy atom. The van der Waals surface area contributed by atoms with E-state index < -0.39 is 6.17 Å². The predicted molar refractivity (Wildman–Crippen MR) is 127 cm³/mol. The summed E-state index contributed by atoms with van der Waals surface area (Å²) in [5.74, 6) is 2.48. The number of carbonyl (C=O) groups excluding carboxylic acids is 1. The molecule has 3 aromatic rings. The lowest BCUT2D eigenvalue weighted by atomic mass is 9.94. The average Bonchev–Trinajstić information content (AvgIpc) is 2.88. The van der Waals surface area contributed by atoms with Crippen LogP contribution in [-0.2, 0) is 6.42 Å². The van der Waals surface area contributed by atoms with Crippen LogP contribution in [0.1, 0.15) is 27.7 Å². The minimum absolute atomic E-state index is 0.0472. The topological polar surface area (TPSA) is 69.3 Å². The number of ether oxygens (including phenoxy) is 4. The number of hydrogen-bond acceptors (Lipinski definition) is 6. The molecule has 0 saturated heterocycles. The highest BCUT2D eigenvalue weighted by Gasteiger charge is 2.33. The van der Waals surface area contributed by atoms with Gasteiger partial charge in [-0.1, -0.05) is 18.2 Å². The number of nitrogens with one attached hydrogen (secondary N) is 1. The molecule has 1 heterocycles. The molecule has 0 fully saturated rings. The first-order valence-corrected chi connectivity index (χ1v) is 10.7. The fourth-order valence-corrected chi connectivity index (χ4v) is 4.15. The maximum atomic E-state index is 13.5. The molecule has 0 aromatic heterocycles. The van der Waals surface area contributed by atoms with Gasteiger partial charge in [0.15, 0.2) is 23.0 Å². The maximum Gasteiger partial charge on any atom is 0.255 e. The van der Waals surface area contributed by atoms with Crippen molar-refractivity contribution in [1.82, 2.24) is 4.90 Å². The smallest absolute Gasteiger partial charge is 0.255 e. The summed E-state index contributed by atoms with van der Waals surface area (Å²) >= 11 is 0. The summed E-state index contributed by atoms with van der Waals surface area (Å²) in [7, 11) is 6.43. The molecule has 0 radical (unpaired) electrons. The zero-order valence-electron chi connectivity index (χ0n) is 19.3. The zero-order valence-corrected chi connectivity index (χ0v) is 19.3. The molecule has 1 amide bonds. The summed E-state index contributed by atoms with van der Waals surface area (Å²) in [5.41, 5.74) is 3.49. The molecule has 7 nitrogen and oxygen atoms in total. The first kappa shape index (κ1) is 22.3. The molecule has 7 heteroatoms. The normalized spacial score (nSPS) is 14.8. The number of anilines is 1. The van der Waals surface area contributed by atoms with Crippen molar-refractivity contribution in [1.29, 1.82) is 0 Å². The van der Waals surface area contributed by atoms with E-state index in [1.165, 1.54) is 0 Å². The van der Waals surface area contributed by atoms with Crippen LogP contribution < -0.4 is 24.3 Å². The van der Waals surface area contributed by atoms with Crippen molar-refractivity contribution in [2.24, 2.45) is 0 Å². The first-order valence-electron chi connectivity index (χ1n) is 10.7. The molecular weight excluding hydrogens is 420 g/mol. The van der Waals surface area contributed by atoms with Gasteiger partial charge in [-0.2, -0.15) is 0 Å². The van der Waals surface area contributed by atoms with Crippen LogP contribution in [0.4, 0.5) is 5.69 Å². The third-order valence-corrected chi connectivity index (χ3v) is 5.84. The van der Waals surface area contributed by atoms with E-state index in [1.54, 1.807) is 28.4 Å². The van der Waals surface area contributed by atoms with Gasteiger partial charge >= 0.3 is 0 Å². The molecule has 172 valence electrons. The molecule has 1 atom stereocenters. The van der Waals surface area contributed by atoms with Crippen molar-refractivity contribution in [2.75, 3.05) is 40.3 Å². The third-order valence-electron chi connectivity index (χ3n) is 5.84. The number of amides is 1. The number of nitrogens with zero attached hydrogens (tertiary/aromatic N) is 1. The van der Waals surface area contributed by atoms with Crippen molar-refractivity contribution in [3.63, 3.8) is 0 Å². The average molecular weight is 449 g/mol. The Hall–Kier alpha value is -3.87. The first-order chi connectivity index (χ1) is 16.1. The predicted octanol–water partition coefficient (Wildman–Crippen LogP) is 4.53. The van der Waals surface area contributed by atoms with Gasteiger partial charge in [0.1, 0.15) is 6.17 Å². The molecule has 0 spiro atoms. The van der Waals surface area contributed by atoms with Crippen molar-refractivity contribution in [2.45, 2.75) is 12.6 Å². The summed E-state index contributed by atoms with van der Waals surface area (Å²) in [6.07, 6.45) is 0.289. The van der Waals surface area contributed by atoms with Gasteiger partial charge in [-0.15, -0.1) is 0 Å². The molecule has 4 rings (SSSR count). The maximum absolute atomic E-state index is 13.5. The molecule has 3 aromatic carbocycles. The Morgan fingerprint density at radius 3 is 2.12 bits per heavy atom. The fourth-order valence-electron chi connectivity index (χ4n) is 4.15. The minimum atomic E-state index is -0.417. The standard InChI is InChI=1S/C26H28N2O5/c1-30-21-11-10-19(15-23(21)32-3)27-25-20-16-24(33-4)22(31-2)14-18(20)12-13-28(25)26(29)17-8-6-5-7-9-17/h5-11,14-16,25,27H,12-13H2,1-4H3/t25-/m0/s1. The number of hydrogen-bond donors (Lipinski definition) is 1. The van der Waals surface area contributed by atoms with E-state index >= 15 is 0 Å². The Morgan fingerprint density at radius 1 is 0.818 bits per heavy atom. The van der Waals surface area contributed by atoms with Gasteiger partial charge < -0.3 is 29.2 Å². The number of methoxy groups -OCH3 is 4. The van der Waals surface area contributed by atoms with Crippen molar-refractivity contribution in [3.05, 3.63) is 77.4 Å². The number of fused-ring (bicyclic) bond motifs is 1. The summed E-state index contributed by atoms with van der Waals surface area (Å²) in [6.45, 7) is 0.557. The number of benzene rings is 3. The molecule has 0 aliphatic carbocycles. The molecule has 0 unspecified atom stereocenters. The molecule has 1 N–H and O–H groups in total. The van der Waals surface area contributed by atoms with E-state index in [-0.39, 0.29) is 5.91 Å². The van der Waals surface area contributed by atoms with Gasteiger partial charge in [0, 0.05) is 29.4 Å². The summed E-state index contributed by atoms with van der Waals surface area (Å²) in [6, 6.07) is 18.8. The molecule has 33 heavy (non-hydrogen) atoms. The van der Waals surface area contributed by atoms with Crippen molar-refractivity contribution < 1.29 is 23.7 Å². The minimum Gasteiger partial charge on any atom is -0.493 e. The van der Waals surface area contributed by atoms with Gasteiger partial charge in [0.25, 0.3) is 5.91 Å². The van der Waals surface area contributed by atoms with E-state index in [4.69, 9.17) is 18.9 Å². The third kappa shape index (κ3) is 4.39. The second kappa shape index (κ2) is 9.73. The van der Waals surface area contributed by atoms with Crippen molar-refractivity contribution >= 4 is 11.6 Å².